The van der Waals surface area contributed by atoms with Crippen LogP contribution in [0.4, 0.5) is 0 Å². The summed E-state index contributed by atoms with van der Waals surface area (Å²) in [7, 11) is 0. The van der Waals surface area contributed by atoms with Crippen LogP contribution < -0.4 is 4.74 Å². The lowest BCUT2D eigenvalue weighted by Crippen LogP contribution is -2.00. The Balaban J connectivity index is 1.89. The molecule has 1 N–H and O–H groups in total. The van der Waals surface area contributed by atoms with Crippen molar-refractivity contribution in [2.75, 3.05) is 18.6 Å². The van der Waals surface area contributed by atoms with Crippen molar-refractivity contribution in [2.24, 2.45) is 0 Å². The first kappa shape index (κ1) is 17.8. The summed E-state index contributed by atoms with van der Waals surface area (Å²) in [4.78, 5) is 4.62. The van der Waals surface area contributed by atoms with Crippen LogP contribution in [0.15, 0.2) is 30.5 Å². The van der Waals surface area contributed by atoms with Crippen molar-refractivity contribution < 1.29 is 9.84 Å². The number of pyridine rings is 1. The molecular weight excluding hydrogens is 334 g/mol. The van der Waals surface area contributed by atoms with Crippen LogP contribution in [0.25, 0.3) is 17.0 Å². The zero-order valence-corrected chi connectivity index (χ0v) is 15.6. The van der Waals surface area contributed by atoms with Gasteiger partial charge in [0.15, 0.2) is 11.5 Å². The highest BCUT2D eigenvalue weighted by atomic mass is 32.2. The number of benzene rings is 1. The number of rotatable bonds is 7. The minimum absolute atomic E-state index is 0.00817. The largest absolute Gasteiger partial charge is 0.494 e. The molecular formula is C19H23N3O2S. The molecule has 0 bridgehead atoms. The normalized spacial score (nSPS) is 11.2. The number of aryl methyl sites for hydroxylation is 2. The van der Waals surface area contributed by atoms with Gasteiger partial charge in [-0.25, -0.2) is 9.50 Å². The van der Waals surface area contributed by atoms with Gasteiger partial charge in [-0.05, 0) is 67.2 Å². The molecule has 0 unspecified atom stereocenters. The van der Waals surface area contributed by atoms with Crippen LogP contribution in [0.5, 0.6) is 5.75 Å². The predicted molar refractivity (Wildman–Crippen MR) is 102 cm³/mol. The third kappa shape index (κ3) is 3.96. The summed E-state index contributed by atoms with van der Waals surface area (Å²) in [5.41, 5.74) is 4.80. The fourth-order valence-electron chi connectivity index (χ4n) is 2.88. The highest BCUT2D eigenvalue weighted by molar-refractivity contribution is 7.98. The summed E-state index contributed by atoms with van der Waals surface area (Å²) < 4.78 is 7.58. The van der Waals surface area contributed by atoms with E-state index in [1.54, 1.807) is 10.7 Å². The van der Waals surface area contributed by atoms with E-state index < -0.39 is 0 Å². The van der Waals surface area contributed by atoms with Gasteiger partial charge in [0.2, 0.25) is 0 Å². The molecule has 1 aromatic carbocycles. The van der Waals surface area contributed by atoms with E-state index in [1.165, 1.54) is 0 Å². The summed E-state index contributed by atoms with van der Waals surface area (Å²) in [6, 6.07) is 7.83. The molecule has 0 atom stereocenters. The molecule has 3 aromatic rings. The molecule has 0 aliphatic rings. The Kier molecular flexibility index (Phi) is 5.60. The maximum Gasteiger partial charge on any atom is 0.182 e. The monoisotopic (exact) mass is 357 g/mol. The zero-order chi connectivity index (χ0) is 17.8. The van der Waals surface area contributed by atoms with Crippen LogP contribution in [-0.2, 0) is 6.61 Å². The zero-order valence-electron chi connectivity index (χ0n) is 14.8. The van der Waals surface area contributed by atoms with E-state index in [4.69, 9.17) is 4.74 Å². The Morgan fingerprint density at radius 1 is 1.20 bits per heavy atom. The molecule has 5 nitrogen and oxygen atoms in total. The molecule has 3 rings (SSSR count). The van der Waals surface area contributed by atoms with Crippen LogP contribution >= 0.6 is 11.8 Å². The molecule has 0 aliphatic heterocycles. The van der Waals surface area contributed by atoms with Gasteiger partial charge in [-0.2, -0.15) is 11.8 Å². The third-order valence-corrected chi connectivity index (χ3v) is 4.76. The summed E-state index contributed by atoms with van der Waals surface area (Å²) >= 11 is 1.83. The van der Waals surface area contributed by atoms with Crippen LogP contribution in [0, 0.1) is 13.8 Å². The molecule has 0 radical (unpaired) electrons. The maximum absolute atomic E-state index is 9.27. The highest BCUT2D eigenvalue weighted by Gasteiger charge is 2.14. The number of aliphatic hydroxyl groups excluding tert-OH is 1. The predicted octanol–water partition coefficient (Wildman–Crippen LogP) is 3.64. The second kappa shape index (κ2) is 7.89. The van der Waals surface area contributed by atoms with E-state index in [-0.39, 0.29) is 6.61 Å². The number of hydrogen-bond donors (Lipinski definition) is 1. The highest BCUT2D eigenvalue weighted by Crippen LogP contribution is 2.29. The van der Waals surface area contributed by atoms with Crippen LogP contribution in [0.1, 0.15) is 23.1 Å². The minimum Gasteiger partial charge on any atom is -0.494 e. The molecule has 25 heavy (non-hydrogen) atoms. The lowest BCUT2D eigenvalue weighted by molar-refractivity contribution is 0.281. The van der Waals surface area contributed by atoms with Crippen molar-refractivity contribution >= 4 is 17.4 Å². The maximum atomic E-state index is 9.27. The second-order valence-electron chi connectivity index (χ2n) is 6.06. The van der Waals surface area contributed by atoms with Gasteiger partial charge in [-0.15, -0.1) is 5.10 Å². The first-order valence-electron chi connectivity index (χ1n) is 8.32. The number of aliphatic hydroxyl groups is 1. The van der Waals surface area contributed by atoms with Gasteiger partial charge in [0.1, 0.15) is 5.75 Å². The summed E-state index contributed by atoms with van der Waals surface area (Å²) in [6.45, 7) is 4.84. The Labute approximate surface area is 152 Å². The number of hydrogen-bond acceptors (Lipinski definition) is 5. The smallest absolute Gasteiger partial charge is 0.182 e. The lowest BCUT2D eigenvalue weighted by atomic mass is 10.0. The topological polar surface area (TPSA) is 59.7 Å². The molecule has 0 saturated heterocycles. The van der Waals surface area contributed by atoms with E-state index in [9.17, 15) is 5.11 Å². The number of ether oxygens (including phenoxy) is 1. The van der Waals surface area contributed by atoms with Crippen molar-refractivity contribution in [1.29, 1.82) is 0 Å². The van der Waals surface area contributed by atoms with Gasteiger partial charge < -0.3 is 9.84 Å². The Morgan fingerprint density at radius 2 is 1.96 bits per heavy atom. The molecule has 6 heteroatoms. The molecule has 0 fully saturated rings. The molecule has 0 aliphatic carbocycles. The number of fused-ring (bicyclic) bond motifs is 1. The average molecular weight is 357 g/mol. The van der Waals surface area contributed by atoms with E-state index in [0.29, 0.717) is 5.82 Å². The fourth-order valence-corrected chi connectivity index (χ4v) is 3.28. The standard InChI is InChI=1S/C19H23N3O2S/c1-13-9-16(24-7-4-8-25-3)10-14(2)18(13)19-20-17-6-5-15(12-23)11-22(17)21-19/h5-6,9-11,23H,4,7-8,12H2,1-3H3. The quantitative estimate of drug-likeness (QED) is 0.654. The number of thioether (sulfide) groups is 1. The SMILES string of the molecule is CSCCCOc1cc(C)c(-c2nc3ccc(CO)cn3n2)c(C)c1. The van der Waals surface area contributed by atoms with Crippen molar-refractivity contribution in [2.45, 2.75) is 26.9 Å². The van der Waals surface area contributed by atoms with Crippen LogP contribution in [0.2, 0.25) is 0 Å². The van der Waals surface area contributed by atoms with Crippen molar-refractivity contribution in [3.63, 3.8) is 0 Å². The number of aromatic nitrogens is 3. The Morgan fingerprint density at radius 3 is 2.64 bits per heavy atom. The number of nitrogens with zero attached hydrogens (tertiary/aromatic N) is 3. The summed E-state index contributed by atoms with van der Waals surface area (Å²) in [5, 5.41) is 13.8. The molecule has 0 spiro atoms. The first-order valence-corrected chi connectivity index (χ1v) is 9.71. The Bertz CT molecular complexity index is 853. The van der Waals surface area contributed by atoms with Crippen molar-refractivity contribution in [1.82, 2.24) is 14.6 Å². The van der Waals surface area contributed by atoms with E-state index in [2.05, 4.69) is 30.2 Å². The van der Waals surface area contributed by atoms with Gasteiger partial charge in [-0.1, -0.05) is 6.07 Å². The van der Waals surface area contributed by atoms with E-state index in [0.717, 1.165) is 52.4 Å². The Hall–Kier alpha value is -2.05. The van der Waals surface area contributed by atoms with Crippen molar-refractivity contribution in [3.8, 4) is 17.1 Å². The lowest BCUT2D eigenvalue weighted by Gasteiger charge is -2.11. The third-order valence-electron chi connectivity index (χ3n) is 4.07. The van der Waals surface area contributed by atoms with Gasteiger partial charge >= 0.3 is 0 Å². The van der Waals surface area contributed by atoms with Gasteiger partial charge in [-0.3, -0.25) is 0 Å². The minimum atomic E-state index is -0.00817. The summed E-state index contributed by atoms with van der Waals surface area (Å²) in [6.07, 6.45) is 4.95. The molecule has 132 valence electrons. The van der Waals surface area contributed by atoms with E-state index >= 15 is 0 Å². The molecule has 0 saturated carbocycles. The molecule has 0 amide bonds. The first-order chi connectivity index (χ1) is 12.1. The van der Waals surface area contributed by atoms with Crippen LogP contribution in [-0.4, -0.2) is 38.3 Å². The van der Waals surface area contributed by atoms with Crippen molar-refractivity contribution in [3.05, 3.63) is 47.2 Å². The molecule has 2 aromatic heterocycles. The van der Waals surface area contributed by atoms with Gasteiger partial charge in [0.05, 0.1) is 13.2 Å². The molecule has 2 heterocycles. The van der Waals surface area contributed by atoms with Gasteiger partial charge in [0, 0.05) is 11.8 Å². The van der Waals surface area contributed by atoms with E-state index in [1.807, 2.05) is 36.0 Å². The average Bonchev–Trinajstić information content (AvgIpc) is 3.00. The fraction of sp³-hybridized carbons (Fsp3) is 0.368. The van der Waals surface area contributed by atoms with Gasteiger partial charge in [0.25, 0.3) is 0 Å². The van der Waals surface area contributed by atoms with Crippen LogP contribution in [0.3, 0.4) is 0 Å². The summed E-state index contributed by atoms with van der Waals surface area (Å²) in [5.74, 6) is 2.70. The second-order valence-corrected chi connectivity index (χ2v) is 7.05.